The van der Waals surface area contributed by atoms with Gasteiger partial charge >= 0.3 is 0 Å². The van der Waals surface area contributed by atoms with E-state index in [4.69, 9.17) is 0 Å². The summed E-state index contributed by atoms with van der Waals surface area (Å²) in [7, 11) is 0. The number of alkyl halides is 1. The zero-order valence-corrected chi connectivity index (χ0v) is 7.31. The van der Waals surface area contributed by atoms with Crippen molar-refractivity contribution >= 4 is 5.78 Å². The second-order valence-electron chi connectivity index (χ2n) is 3.33. The molecule has 1 fully saturated rings. The lowest BCUT2D eigenvalue weighted by molar-refractivity contribution is -0.119. The number of Topliss-reactive ketones (excluding diaryl/α,β-unsaturated/α-hetero) is 1. The van der Waals surface area contributed by atoms with Crippen LogP contribution < -0.4 is 5.32 Å². The van der Waals surface area contributed by atoms with Crippen molar-refractivity contribution in [2.45, 2.75) is 38.1 Å². The highest BCUT2D eigenvalue weighted by Gasteiger charge is 2.16. The smallest absolute Gasteiger partial charge is 0.134 e. The first kappa shape index (κ1) is 9.65. The van der Waals surface area contributed by atoms with Crippen LogP contribution in [0, 0.1) is 0 Å². The Kier molecular flexibility index (Phi) is 4.22. The summed E-state index contributed by atoms with van der Waals surface area (Å²) in [6, 6.07) is 0.232. The van der Waals surface area contributed by atoms with Crippen molar-refractivity contribution in [3.8, 4) is 0 Å². The minimum Gasteiger partial charge on any atom is -0.311 e. The van der Waals surface area contributed by atoms with Crippen molar-refractivity contribution < 1.29 is 9.18 Å². The van der Waals surface area contributed by atoms with Crippen molar-refractivity contribution in [1.29, 1.82) is 0 Å². The summed E-state index contributed by atoms with van der Waals surface area (Å²) >= 11 is 0. The predicted octanol–water partition coefficient (Wildman–Crippen LogP) is 1.45. The van der Waals surface area contributed by atoms with Crippen LogP contribution in [0.25, 0.3) is 0 Å². The normalized spacial score (nSPS) is 25.4. The monoisotopic (exact) mass is 173 g/mol. The maximum absolute atomic E-state index is 11.8. The van der Waals surface area contributed by atoms with E-state index in [2.05, 4.69) is 5.32 Å². The van der Waals surface area contributed by atoms with Crippen LogP contribution in [0.15, 0.2) is 0 Å². The highest BCUT2D eigenvalue weighted by Crippen LogP contribution is 2.14. The molecule has 1 saturated carbocycles. The summed E-state index contributed by atoms with van der Waals surface area (Å²) in [6.45, 7) is 0.0443. The Morgan fingerprint density at radius 2 is 2.33 bits per heavy atom. The van der Waals surface area contributed by atoms with E-state index in [1.54, 1.807) is 0 Å². The van der Waals surface area contributed by atoms with Crippen molar-refractivity contribution in [2.24, 2.45) is 0 Å². The van der Waals surface area contributed by atoms with Gasteiger partial charge in [0.2, 0.25) is 0 Å². The molecule has 0 bridgehead atoms. The van der Waals surface area contributed by atoms with Gasteiger partial charge in [-0.3, -0.25) is 4.79 Å². The molecule has 1 atom stereocenters. The maximum Gasteiger partial charge on any atom is 0.134 e. The van der Waals surface area contributed by atoms with Gasteiger partial charge in [0.25, 0.3) is 0 Å². The molecule has 1 aliphatic rings. The number of ketones is 1. The molecule has 0 aromatic carbocycles. The quantitative estimate of drug-likeness (QED) is 0.654. The molecule has 70 valence electrons. The van der Waals surface area contributed by atoms with Gasteiger partial charge in [0.15, 0.2) is 0 Å². The van der Waals surface area contributed by atoms with Gasteiger partial charge in [-0.15, -0.1) is 0 Å². The number of hydrogen-bond acceptors (Lipinski definition) is 2. The Morgan fingerprint density at radius 3 is 3.08 bits per heavy atom. The fraction of sp³-hybridized carbons (Fsp3) is 0.889. The third-order valence-electron chi connectivity index (χ3n) is 2.26. The molecule has 1 rings (SSSR count). The van der Waals surface area contributed by atoms with Crippen LogP contribution in [0.5, 0.6) is 0 Å². The van der Waals surface area contributed by atoms with Crippen molar-refractivity contribution in [3.63, 3.8) is 0 Å². The lowest BCUT2D eigenvalue weighted by Gasteiger charge is -2.13. The summed E-state index contributed by atoms with van der Waals surface area (Å²) in [6.07, 6.45) is 4.43. The Labute approximate surface area is 72.5 Å². The first-order valence-electron chi connectivity index (χ1n) is 4.64. The predicted molar refractivity (Wildman–Crippen MR) is 45.9 cm³/mol. The Morgan fingerprint density at radius 1 is 1.50 bits per heavy atom. The highest BCUT2D eigenvalue weighted by molar-refractivity contribution is 5.79. The fourth-order valence-corrected chi connectivity index (χ4v) is 1.62. The number of carbonyl (C=O) groups is 1. The van der Waals surface area contributed by atoms with Gasteiger partial charge in [0.05, 0.1) is 0 Å². The molecule has 0 aromatic heterocycles. The molecule has 1 N–H and O–H groups in total. The maximum atomic E-state index is 11.8. The largest absolute Gasteiger partial charge is 0.311 e. The summed E-state index contributed by atoms with van der Waals surface area (Å²) in [5, 5.41) is 3.05. The van der Waals surface area contributed by atoms with Gasteiger partial charge in [0, 0.05) is 25.4 Å². The van der Waals surface area contributed by atoms with E-state index in [1.165, 1.54) is 0 Å². The third kappa shape index (κ3) is 3.30. The van der Waals surface area contributed by atoms with Gasteiger partial charge in [-0.1, -0.05) is 6.42 Å². The fourth-order valence-electron chi connectivity index (χ4n) is 1.62. The molecule has 1 aliphatic carbocycles. The third-order valence-corrected chi connectivity index (χ3v) is 2.26. The van der Waals surface area contributed by atoms with Gasteiger partial charge in [-0.05, 0) is 12.8 Å². The van der Waals surface area contributed by atoms with Gasteiger partial charge in [0.1, 0.15) is 12.5 Å². The first-order valence-corrected chi connectivity index (χ1v) is 4.64. The van der Waals surface area contributed by atoms with Crippen LogP contribution in [-0.4, -0.2) is 25.0 Å². The molecule has 2 nitrogen and oxygen atoms in total. The Bertz CT molecular complexity index is 149. The zero-order chi connectivity index (χ0) is 8.81. The number of halogens is 1. The highest BCUT2D eigenvalue weighted by atomic mass is 19.1. The SMILES string of the molecule is O=C1CCCCC(NCCF)C1. The van der Waals surface area contributed by atoms with Crippen molar-refractivity contribution in [3.05, 3.63) is 0 Å². The molecule has 0 aromatic rings. The molecule has 0 amide bonds. The van der Waals surface area contributed by atoms with E-state index in [0.717, 1.165) is 19.3 Å². The van der Waals surface area contributed by atoms with Crippen LogP contribution in [0.2, 0.25) is 0 Å². The minimum atomic E-state index is -0.343. The summed E-state index contributed by atoms with van der Waals surface area (Å²) in [5.41, 5.74) is 0. The average molecular weight is 173 g/mol. The molecule has 0 radical (unpaired) electrons. The Balaban J connectivity index is 2.26. The molecular weight excluding hydrogens is 157 g/mol. The van der Waals surface area contributed by atoms with E-state index in [1.807, 2.05) is 0 Å². The molecule has 0 spiro atoms. The van der Waals surface area contributed by atoms with Crippen LogP contribution in [-0.2, 0) is 4.79 Å². The molecule has 0 heterocycles. The van der Waals surface area contributed by atoms with Crippen LogP contribution in [0.4, 0.5) is 4.39 Å². The van der Waals surface area contributed by atoms with Crippen molar-refractivity contribution in [1.82, 2.24) is 5.32 Å². The zero-order valence-electron chi connectivity index (χ0n) is 7.31. The summed E-state index contributed by atoms with van der Waals surface area (Å²) < 4.78 is 11.8. The van der Waals surface area contributed by atoms with E-state index in [9.17, 15) is 9.18 Å². The van der Waals surface area contributed by atoms with E-state index >= 15 is 0 Å². The second-order valence-corrected chi connectivity index (χ2v) is 3.33. The molecule has 0 aliphatic heterocycles. The van der Waals surface area contributed by atoms with E-state index in [-0.39, 0.29) is 12.7 Å². The van der Waals surface area contributed by atoms with Gasteiger partial charge in [-0.2, -0.15) is 0 Å². The summed E-state index contributed by atoms with van der Waals surface area (Å²) in [5.74, 6) is 0.323. The van der Waals surface area contributed by atoms with Crippen molar-refractivity contribution in [2.75, 3.05) is 13.2 Å². The van der Waals surface area contributed by atoms with Gasteiger partial charge < -0.3 is 5.32 Å². The van der Waals surface area contributed by atoms with Crippen LogP contribution in [0.3, 0.4) is 0 Å². The first-order chi connectivity index (χ1) is 5.83. The lowest BCUT2D eigenvalue weighted by atomic mass is 10.1. The number of hydrogen-bond donors (Lipinski definition) is 1. The standard InChI is InChI=1S/C9H16FNO/c10-5-6-11-8-3-1-2-4-9(12)7-8/h8,11H,1-7H2. The average Bonchev–Trinajstić information content (AvgIpc) is 2.26. The second kappa shape index (κ2) is 5.25. The van der Waals surface area contributed by atoms with Crippen LogP contribution in [0.1, 0.15) is 32.1 Å². The van der Waals surface area contributed by atoms with Gasteiger partial charge in [-0.25, -0.2) is 4.39 Å². The number of carbonyl (C=O) groups excluding carboxylic acids is 1. The molecule has 12 heavy (non-hydrogen) atoms. The summed E-state index contributed by atoms with van der Waals surface area (Å²) in [4.78, 5) is 11.1. The molecular formula is C9H16FNO. The molecule has 1 unspecified atom stereocenters. The minimum absolute atomic E-state index is 0.232. The molecule has 0 saturated heterocycles. The van der Waals surface area contributed by atoms with E-state index in [0.29, 0.717) is 25.2 Å². The molecule has 3 heteroatoms. The van der Waals surface area contributed by atoms with Crippen LogP contribution >= 0.6 is 0 Å². The lowest BCUT2D eigenvalue weighted by Crippen LogP contribution is -2.31. The number of rotatable bonds is 3. The number of nitrogens with one attached hydrogen (secondary N) is 1. The van der Waals surface area contributed by atoms with E-state index < -0.39 is 0 Å². The Hall–Kier alpha value is -0.440. The topological polar surface area (TPSA) is 29.1 Å².